The second-order valence-electron chi connectivity index (χ2n) is 9.45. The molecular formula is C28H30ClN3O2S. The van der Waals surface area contributed by atoms with Crippen molar-refractivity contribution in [3.05, 3.63) is 101 Å². The molecule has 1 N–H and O–H groups in total. The van der Waals surface area contributed by atoms with E-state index in [9.17, 15) is 8.42 Å². The summed E-state index contributed by atoms with van der Waals surface area (Å²) in [5, 5.41) is 5.20. The third-order valence-electron chi connectivity index (χ3n) is 7.03. The minimum atomic E-state index is -3.80. The Kier molecular flexibility index (Phi) is 6.96. The summed E-state index contributed by atoms with van der Waals surface area (Å²) in [5.41, 5.74) is 3.81. The van der Waals surface area contributed by atoms with Gasteiger partial charge in [-0.05, 0) is 55.2 Å². The summed E-state index contributed by atoms with van der Waals surface area (Å²) >= 11 is 6.17. The molecule has 0 aromatic heterocycles. The highest BCUT2D eigenvalue weighted by molar-refractivity contribution is 7.89. The standard InChI is InChI=1S/C28H30ClN3O2S/c1-20-12-18-25(19-13-20)35(33,34)31-30-26(21-14-16-23(29)17-15-21)28-27(22-8-4-2-5-9-22)32(28)24-10-6-3-7-11-24/h2,4-5,8-9,12-19,24,27-28,31H,3,6-7,10-11H2,1H3/b30-26+/t27-,28+,32?/m1/s1. The van der Waals surface area contributed by atoms with E-state index in [1.807, 2.05) is 37.3 Å². The summed E-state index contributed by atoms with van der Waals surface area (Å²) in [5.74, 6) is 0. The van der Waals surface area contributed by atoms with Crippen LogP contribution in [-0.2, 0) is 10.0 Å². The molecule has 0 amide bonds. The van der Waals surface area contributed by atoms with Gasteiger partial charge in [0.2, 0.25) is 0 Å². The number of sulfonamides is 1. The predicted octanol–water partition coefficient (Wildman–Crippen LogP) is 6.09. The van der Waals surface area contributed by atoms with Crippen LogP contribution in [0.3, 0.4) is 0 Å². The van der Waals surface area contributed by atoms with Crippen molar-refractivity contribution < 1.29 is 8.42 Å². The van der Waals surface area contributed by atoms with Gasteiger partial charge in [0, 0.05) is 11.1 Å². The average Bonchev–Trinajstić information content (AvgIpc) is 3.62. The quantitative estimate of drug-likeness (QED) is 0.239. The molecule has 1 aliphatic carbocycles. The maximum atomic E-state index is 13.1. The first-order chi connectivity index (χ1) is 16.9. The van der Waals surface area contributed by atoms with Crippen LogP contribution in [0.2, 0.25) is 5.02 Å². The Morgan fingerprint density at radius 3 is 2.23 bits per heavy atom. The highest BCUT2D eigenvalue weighted by Gasteiger charge is 2.55. The molecule has 1 saturated heterocycles. The van der Waals surface area contributed by atoms with E-state index in [0.717, 1.165) is 29.7 Å². The number of hydrazone groups is 1. The molecule has 3 aromatic carbocycles. The summed E-state index contributed by atoms with van der Waals surface area (Å²) < 4.78 is 26.1. The minimum absolute atomic E-state index is 0.0117. The summed E-state index contributed by atoms with van der Waals surface area (Å²) in [6.45, 7) is 1.93. The molecule has 2 aliphatic rings. The van der Waals surface area contributed by atoms with Crippen molar-refractivity contribution in [2.24, 2.45) is 5.10 Å². The molecule has 3 atom stereocenters. The zero-order valence-corrected chi connectivity index (χ0v) is 21.3. The highest BCUT2D eigenvalue weighted by Crippen LogP contribution is 2.49. The summed E-state index contributed by atoms with van der Waals surface area (Å²) in [6.07, 6.45) is 6.04. The van der Waals surface area contributed by atoms with Gasteiger partial charge in [0.1, 0.15) is 0 Å². The van der Waals surface area contributed by atoms with Crippen molar-refractivity contribution in [2.75, 3.05) is 0 Å². The van der Waals surface area contributed by atoms with Crippen molar-refractivity contribution in [1.82, 2.24) is 9.73 Å². The molecule has 3 aromatic rings. The van der Waals surface area contributed by atoms with Gasteiger partial charge in [-0.2, -0.15) is 18.4 Å². The van der Waals surface area contributed by atoms with Gasteiger partial charge < -0.3 is 0 Å². The van der Waals surface area contributed by atoms with Gasteiger partial charge in [-0.1, -0.05) is 91.0 Å². The smallest absolute Gasteiger partial charge is 0.276 e. The third-order valence-corrected chi connectivity index (χ3v) is 8.50. The largest absolute Gasteiger partial charge is 0.281 e. The summed E-state index contributed by atoms with van der Waals surface area (Å²) in [7, 11) is -3.80. The molecule has 0 spiro atoms. The van der Waals surface area contributed by atoms with Gasteiger partial charge in [-0.15, -0.1) is 0 Å². The van der Waals surface area contributed by atoms with Gasteiger partial charge in [0.05, 0.1) is 22.7 Å². The van der Waals surface area contributed by atoms with E-state index in [1.165, 1.54) is 24.8 Å². The van der Waals surface area contributed by atoms with Crippen LogP contribution in [-0.4, -0.2) is 31.1 Å². The van der Waals surface area contributed by atoms with Crippen LogP contribution in [0.1, 0.15) is 54.8 Å². The molecule has 1 saturated carbocycles. The number of halogens is 1. The fourth-order valence-corrected chi connectivity index (χ4v) is 6.12. The lowest BCUT2D eigenvalue weighted by Crippen LogP contribution is -2.28. The minimum Gasteiger partial charge on any atom is -0.281 e. The zero-order chi connectivity index (χ0) is 24.4. The zero-order valence-electron chi connectivity index (χ0n) is 19.8. The van der Waals surface area contributed by atoms with Crippen LogP contribution < -0.4 is 4.83 Å². The van der Waals surface area contributed by atoms with Gasteiger partial charge in [-0.3, -0.25) is 4.90 Å². The Morgan fingerprint density at radius 2 is 1.57 bits per heavy atom. The Balaban J connectivity index is 1.52. The second kappa shape index (κ2) is 10.1. The number of benzene rings is 3. The molecule has 7 heteroatoms. The Bertz CT molecular complexity index is 1290. The maximum absolute atomic E-state index is 13.1. The van der Waals surface area contributed by atoms with Crippen LogP contribution in [0.25, 0.3) is 0 Å². The van der Waals surface area contributed by atoms with E-state index in [1.54, 1.807) is 24.3 Å². The number of hydrogen-bond acceptors (Lipinski definition) is 4. The van der Waals surface area contributed by atoms with Crippen LogP contribution in [0.4, 0.5) is 0 Å². The highest BCUT2D eigenvalue weighted by atomic mass is 35.5. The van der Waals surface area contributed by atoms with E-state index in [-0.39, 0.29) is 17.0 Å². The fraction of sp³-hybridized carbons (Fsp3) is 0.321. The number of rotatable bonds is 7. The average molecular weight is 508 g/mol. The third kappa shape index (κ3) is 5.30. The van der Waals surface area contributed by atoms with Gasteiger partial charge in [0.15, 0.2) is 0 Å². The van der Waals surface area contributed by atoms with Gasteiger partial charge >= 0.3 is 0 Å². The van der Waals surface area contributed by atoms with Crippen LogP contribution >= 0.6 is 11.6 Å². The predicted molar refractivity (Wildman–Crippen MR) is 141 cm³/mol. The maximum Gasteiger partial charge on any atom is 0.276 e. The molecule has 5 nitrogen and oxygen atoms in total. The lowest BCUT2D eigenvalue weighted by molar-refractivity contribution is 0.277. The molecule has 1 unspecified atom stereocenters. The fourth-order valence-electron chi connectivity index (χ4n) is 5.18. The lowest BCUT2D eigenvalue weighted by Gasteiger charge is -2.24. The van der Waals surface area contributed by atoms with Gasteiger partial charge in [0.25, 0.3) is 10.0 Å². The normalized spacial score (nSPS) is 23.1. The van der Waals surface area contributed by atoms with Gasteiger partial charge in [-0.25, -0.2) is 0 Å². The molecule has 1 heterocycles. The first-order valence-corrected chi connectivity index (χ1v) is 14.0. The van der Waals surface area contributed by atoms with E-state index < -0.39 is 10.0 Å². The number of nitrogens with zero attached hydrogens (tertiary/aromatic N) is 2. The van der Waals surface area contributed by atoms with Crippen molar-refractivity contribution in [3.8, 4) is 0 Å². The molecule has 182 valence electrons. The Labute approximate surface area is 212 Å². The molecular weight excluding hydrogens is 478 g/mol. The van der Waals surface area contributed by atoms with E-state index in [2.05, 4.69) is 39.1 Å². The Hall–Kier alpha value is -2.67. The molecule has 0 radical (unpaired) electrons. The van der Waals surface area contributed by atoms with E-state index in [4.69, 9.17) is 11.6 Å². The lowest BCUT2D eigenvalue weighted by atomic mass is 9.95. The van der Waals surface area contributed by atoms with Crippen LogP contribution in [0, 0.1) is 6.92 Å². The van der Waals surface area contributed by atoms with Crippen molar-refractivity contribution in [1.29, 1.82) is 0 Å². The number of aryl methyl sites for hydroxylation is 1. The number of nitrogens with one attached hydrogen (secondary N) is 1. The van der Waals surface area contributed by atoms with Crippen molar-refractivity contribution in [2.45, 2.75) is 62.0 Å². The van der Waals surface area contributed by atoms with Crippen LogP contribution in [0.5, 0.6) is 0 Å². The SMILES string of the molecule is Cc1ccc(S(=O)(=O)N/N=C(\c2ccc(Cl)cc2)[C@H]2[C@@H](c3ccccc3)N2C2CCCCC2)cc1. The first kappa shape index (κ1) is 24.0. The summed E-state index contributed by atoms with van der Waals surface area (Å²) in [6, 6.07) is 25.3. The second-order valence-corrected chi connectivity index (χ2v) is 11.5. The molecule has 5 rings (SSSR count). The van der Waals surface area contributed by atoms with E-state index >= 15 is 0 Å². The van der Waals surface area contributed by atoms with Crippen LogP contribution in [0.15, 0.2) is 88.9 Å². The van der Waals surface area contributed by atoms with Crippen molar-refractivity contribution >= 4 is 27.3 Å². The monoisotopic (exact) mass is 507 g/mol. The molecule has 0 bridgehead atoms. The first-order valence-electron chi connectivity index (χ1n) is 12.2. The van der Waals surface area contributed by atoms with E-state index in [0.29, 0.717) is 11.1 Å². The Morgan fingerprint density at radius 1 is 0.914 bits per heavy atom. The molecule has 35 heavy (non-hydrogen) atoms. The topological polar surface area (TPSA) is 61.5 Å². The number of hydrogen-bond donors (Lipinski definition) is 1. The molecule has 2 fully saturated rings. The van der Waals surface area contributed by atoms with Crippen molar-refractivity contribution in [3.63, 3.8) is 0 Å². The molecule has 1 aliphatic heterocycles. The summed E-state index contributed by atoms with van der Waals surface area (Å²) in [4.78, 5) is 5.24.